The smallest absolute Gasteiger partial charge is 0.232 e. The van der Waals surface area contributed by atoms with Crippen LogP contribution in [-0.4, -0.2) is 8.42 Å². The SMILES string of the molecule is Cc1ccc(S(=O)(=O)NNC(c2ccccc2)c2ccccc2)cc1. The highest BCUT2D eigenvalue weighted by molar-refractivity contribution is 7.89. The van der Waals surface area contributed by atoms with Crippen molar-refractivity contribution in [1.29, 1.82) is 0 Å². The Bertz CT molecular complexity index is 869. The summed E-state index contributed by atoms with van der Waals surface area (Å²) in [6.45, 7) is 1.92. The average molecular weight is 352 g/mol. The number of rotatable bonds is 6. The molecule has 0 fully saturated rings. The van der Waals surface area contributed by atoms with Crippen LogP contribution >= 0.6 is 0 Å². The second kappa shape index (κ2) is 7.61. The monoisotopic (exact) mass is 352 g/mol. The number of hydrogen-bond donors (Lipinski definition) is 2. The number of hydrazine groups is 1. The summed E-state index contributed by atoms with van der Waals surface area (Å²) in [6.07, 6.45) is 0. The zero-order valence-corrected chi connectivity index (χ0v) is 14.7. The minimum atomic E-state index is -3.65. The summed E-state index contributed by atoms with van der Waals surface area (Å²) in [4.78, 5) is 2.74. The molecule has 0 heterocycles. The molecule has 0 saturated heterocycles. The van der Waals surface area contributed by atoms with Gasteiger partial charge >= 0.3 is 0 Å². The number of nitrogens with one attached hydrogen (secondary N) is 2. The molecule has 4 nitrogen and oxygen atoms in total. The fourth-order valence-electron chi connectivity index (χ4n) is 2.56. The highest BCUT2D eigenvalue weighted by atomic mass is 32.2. The molecule has 25 heavy (non-hydrogen) atoms. The van der Waals surface area contributed by atoms with Gasteiger partial charge in [-0.25, -0.2) is 13.8 Å². The summed E-state index contributed by atoms with van der Waals surface area (Å²) >= 11 is 0. The summed E-state index contributed by atoms with van der Waals surface area (Å²) in [5, 5.41) is 0. The molecular weight excluding hydrogens is 332 g/mol. The van der Waals surface area contributed by atoms with E-state index in [9.17, 15) is 8.42 Å². The van der Waals surface area contributed by atoms with Crippen LogP contribution in [0.2, 0.25) is 0 Å². The van der Waals surface area contributed by atoms with Crippen LogP contribution in [0.4, 0.5) is 0 Å². The van der Waals surface area contributed by atoms with E-state index in [1.54, 1.807) is 24.3 Å². The van der Waals surface area contributed by atoms with Crippen molar-refractivity contribution in [3.63, 3.8) is 0 Å². The van der Waals surface area contributed by atoms with Gasteiger partial charge in [0.15, 0.2) is 0 Å². The van der Waals surface area contributed by atoms with Crippen LogP contribution in [0.25, 0.3) is 0 Å². The largest absolute Gasteiger partial charge is 0.253 e. The predicted octanol–water partition coefficient (Wildman–Crippen LogP) is 3.57. The Morgan fingerprint density at radius 3 is 1.68 bits per heavy atom. The molecule has 3 aromatic rings. The Hall–Kier alpha value is -2.47. The lowest BCUT2D eigenvalue weighted by molar-refractivity contribution is 0.529. The first-order valence-corrected chi connectivity index (χ1v) is 9.48. The van der Waals surface area contributed by atoms with Gasteiger partial charge in [0.1, 0.15) is 0 Å². The summed E-state index contributed by atoms with van der Waals surface area (Å²) in [6, 6.07) is 25.9. The van der Waals surface area contributed by atoms with Gasteiger partial charge < -0.3 is 0 Å². The molecule has 0 saturated carbocycles. The van der Waals surface area contributed by atoms with Crippen molar-refractivity contribution in [1.82, 2.24) is 10.3 Å². The summed E-state index contributed by atoms with van der Waals surface area (Å²) in [5.41, 5.74) is 5.93. The number of sulfonamides is 1. The van der Waals surface area contributed by atoms with Crippen LogP contribution in [0.5, 0.6) is 0 Å². The summed E-state index contributed by atoms with van der Waals surface area (Å²) in [7, 11) is -3.65. The van der Waals surface area contributed by atoms with Gasteiger partial charge in [-0.1, -0.05) is 78.4 Å². The summed E-state index contributed by atoms with van der Waals surface area (Å²) < 4.78 is 25.1. The van der Waals surface area contributed by atoms with Gasteiger partial charge in [0.25, 0.3) is 10.0 Å². The molecule has 0 atom stereocenters. The van der Waals surface area contributed by atoms with Crippen LogP contribution < -0.4 is 10.3 Å². The van der Waals surface area contributed by atoms with Crippen molar-refractivity contribution < 1.29 is 8.42 Å². The van der Waals surface area contributed by atoms with Crippen molar-refractivity contribution in [3.8, 4) is 0 Å². The molecule has 0 aliphatic carbocycles. The minimum Gasteiger partial charge on any atom is -0.232 e. The van der Waals surface area contributed by atoms with Gasteiger partial charge in [0, 0.05) is 0 Å². The van der Waals surface area contributed by atoms with Gasteiger partial charge in [-0.2, -0.15) is 0 Å². The van der Waals surface area contributed by atoms with Crippen molar-refractivity contribution >= 4 is 10.0 Å². The third-order valence-corrected chi connectivity index (χ3v) is 5.21. The fraction of sp³-hybridized carbons (Fsp3) is 0.100. The van der Waals surface area contributed by atoms with Crippen molar-refractivity contribution in [2.24, 2.45) is 0 Å². The maximum atomic E-state index is 12.5. The van der Waals surface area contributed by atoms with Gasteiger partial charge in [0.2, 0.25) is 0 Å². The molecule has 0 unspecified atom stereocenters. The lowest BCUT2D eigenvalue weighted by atomic mass is 10.00. The molecule has 3 rings (SSSR count). The highest BCUT2D eigenvalue weighted by Crippen LogP contribution is 2.21. The van der Waals surface area contributed by atoms with E-state index < -0.39 is 10.0 Å². The first kappa shape index (κ1) is 17.4. The molecule has 2 N–H and O–H groups in total. The van der Waals surface area contributed by atoms with Crippen LogP contribution in [0, 0.1) is 6.92 Å². The molecule has 128 valence electrons. The third kappa shape index (κ3) is 4.33. The Morgan fingerprint density at radius 2 is 1.20 bits per heavy atom. The van der Waals surface area contributed by atoms with Gasteiger partial charge in [-0.15, -0.1) is 4.83 Å². The number of hydrogen-bond acceptors (Lipinski definition) is 3. The van der Waals surface area contributed by atoms with Crippen molar-refractivity contribution in [3.05, 3.63) is 102 Å². The van der Waals surface area contributed by atoms with Crippen molar-refractivity contribution in [2.45, 2.75) is 17.9 Å². The zero-order chi connectivity index (χ0) is 17.7. The lowest BCUT2D eigenvalue weighted by Gasteiger charge is -2.20. The van der Waals surface area contributed by atoms with E-state index in [2.05, 4.69) is 10.3 Å². The molecule has 0 spiro atoms. The van der Waals surface area contributed by atoms with Crippen LogP contribution in [0.15, 0.2) is 89.8 Å². The maximum absolute atomic E-state index is 12.5. The van der Waals surface area contributed by atoms with E-state index in [4.69, 9.17) is 0 Å². The molecule has 0 aliphatic rings. The lowest BCUT2D eigenvalue weighted by Crippen LogP contribution is -2.40. The van der Waals surface area contributed by atoms with E-state index in [0.29, 0.717) is 0 Å². The van der Waals surface area contributed by atoms with E-state index in [1.807, 2.05) is 67.6 Å². The standard InChI is InChI=1S/C20H20N2O2S/c1-16-12-14-19(15-13-16)25(23,24)22-21-20(17-8-4-2-5-9-17)18-10-6-3-7-11-18/h2-15,20-22H,1H3. The molecule has 0 aliphatic heterocycles. The Morgan fingerprint density at radius 1 is 0.720 bits per heavy atom. The predicted molar refractivity (Wildman–Crippen MR) is 99.4 cm³/mol. The van der Waals surface area contributed by atoms with Crippen LogP contribution in [0.1, 0.15) is 22.7 Å². The summed E-state index contributed by atoms with van der Waals surface area (Å²) in [5.74, 6) is 0. The minimum absolute atomic E-state index is 0.227. The van der Waals surface area contributed by atoms with Crippen LogP contribution in [0.3, 0.4) is 0 Å². The number of aryl methyl sites for hydroxylation is 1. The molecule has 0 bridgehead atoms. The maximum Gasteiger partial charge on any atom is 0.253 e. The molecule has 3 aromatic carbocycles. The van der Waals surface area contributed by atoms with Crippen molar-refractivity contribution in [2.75, 3.05) is 0 Å². The van der Waals surface area contributed by atoms with E-state index in [0.717, 1.165) is 16.7 Å². The second-order valence-electron chi connectivity index (χ2n) is 5.82. The van der Waals surface area contributed by atoms with E-state index >= 15 is 0 Å². The first-order valence-electron chi connectivity index (χ1n) is 8.00. The quantitative estimate of drug-likeness (QED) is 0.667. The Balaban J connectivity index is 1.85. The Kier molecular flexibility index (Phi) is 5.28. The third-order valence-electron chi connectivity index (χ3n) is 3.93. The number of benzene rings is 3. The zero-order valence-electron chi connectivity index (χ0n) is 13.9. The fourth-order valence-corrected chi connectivity index (χ4v) is 3.45. The molecule has 0 amide bonds. The van der Waals surface area contributed by atoms with Crippen LogP contribution in [-0.2, 0) is 10.0 Å². The first-order chi connectivity index (χ1) is 12.1. The molecule has 0 aromatic heterocycles. The average Bonchev–Trinajstić information content (AvgIpc) is 2.64. The molecule has 5 heteroatoms. The topological polar surface area (TPSA) is 58.2 Å². The molecule has 0 radical (unpaired) electrons. The van der Waals surface area contributed by atoms with E-state index in [-0.39, 0.29) is 10.9 Å². The van der Waals surface area contributed by atoms with Gasteiger partial charge in [0.05, 0.1) is 10.9 Å². The van der Waals surface area contributed by atoms with Gasteiger partial charge in [-0.05, 0) is 30.2 Å². The normalized spacial score (nSPS) is 11.6. The van der Waals surface area contributed by atoms with E-state index in [1.165, 1.54) is 0 Å². The van der Waals surface area contributed by atoms with Gasteiger partial charge in [-0.3, -0.25) is 0 Å². The Labute approximate surface area is 148 Å². The molecular formula is C20H20N2O2S. The highest BCUT2D eigenvalue weighted by Gasteiger charge is 2.18. The second-order valence-corrected chi connectivity index (χ2v) is 7.50.